The average Bonchev–Trinajstić information content (AvgIpc) is 3.11. The molecule has 0 radical (unpaired) electrons. The lowest BCUT2D eigenvalue weighted by Gasteiger charge is -2.05. The number of rotatable bonds is 5. The van der Waals surface area contributed by atoms with Crippen LogP contribution in [0.25, 0.3) is 10.9 Å². The molecule has 0 atom stereocenters. The van der Waals surface area contributed by atoms with Crippen molar-refractivity contribution in [2.45, 2.75) is 26.8 Å². The minimum Gasteiger partial charge on any atom is -0.359 e. The number of nitrogens with one attached hydrogen (secondary N) is 3. The predicted octanol–water partition coefficient (Wildman–Crippen LogP) is 2.06. The van der Waals surface area contributed by atoms with Crippen molar-refractivity contribution in [3.8, 4) is 0 Å². The van der Waals surface area contributed by atoms with Crippen LogP contribution in [0.5, 0.6) is 0 Å². The van der Waals surface area contributed by atoms with Gasteiger partial charge in [0.15, 0.2) is 5.82 Å². The highest BCUT2D eigenvalue weighted by atomic mass is 16.2. The maximum absolute atomic E-state index is 12.1. The van der Waals surface area contributed by atoms with E-state index in [9.17, 15) is 9.59 Å². The summed E-state index contributed by atoms with van der Waals surface area (Å²) in [5.41, 5.74) is 2.81. The molecule has 0 unspecified atom stereocenters. The number of aromatic nitrogens is 4. The predicted molar refractivity (Wildman–Crippen MR) is 90.6 cm³/mol. The molecule has 2 heterocycles. The van der Waals surface area contributed by atoms with Crippen LogP contribution in [0.2, 0.25) is 0 Å². The Balaban J connectivity index is 1.63. The van der Waals surface area contributed by atoms with Gasteiger partial charge in [-0.05, 0) is 31.2 Å². The maximum atomic E-state index is 12.1. The number of carbonyl (C=O) groups is 2. The second-order valence-corrected chi connectivity index (χ2v) is 5.51. The monoisotopic (exact) mass is 326 g/mol. The smallest absolute Gasteiger partial charge is 0.246 e. The third-order valence-electron chi connectivity index (χ3n) is 3.47. The Morgan fingerprint density at radius 1 is 1.21 bits per heavy atom. The van der Waals surface area contributed by atoms with Gasteiger partial charge in [0.25, 0.3) is 0 Å². The number of nitrogens with zero attached hydrogens (tertiary/aromatic N) is 3. The first-order valence-electron chi connectivity index (χ1n) is 7.62. The fraction of sp³-hybridized carbons (Fsp3) is 0.250. The summed E-state index contributed by atoms with van der Waals surface area (Å²) in [6, 6.07) is 7.69. The normalized spacial score (nSPS) is 10.8. The molecule has 0 aliphatic rings. The Labute approximate surface area is 138 Å². The third-order valence-corrected chi connectivity index (χ3v) is 3.47. The van der Waals surface area contributed by atoms with E-state index < -0.39 is 0 Å². The molecule has 0 saturated carbocycles. The van der Waals surface area contributed by atoms with Crippen molar-refractivity contribution in [3.05, 3.63) is 36.2 Å². The summed E-state index contributed by atoms with van der Waals surface area (Å²) in [4.78, 5) is 26.6. The van der Waals surface area contributed by atoms with Crippen LogP contribution in [0.4, 0.5) is 11.5 Å². The Hall–Kier alpha value is -3.16. The number of amides is 2. The summed E-state index contributed by atoms with van der Waals surface area (Å²) in [6.07, 6.45) is 1.88. The van der Waals surface area contributed by atoms with Gasteiger partial charge in [0.1, 0.15) is 6.54 Å². The van der Waals surface area contributed by atoms with E-state index in [1.54, 1.807) is 6.92 Å². The van der Waals surface area contributed by atoms with Crippen LogP contribution < -0.4 is 10.6 Å². The molecule has 0 fully saturated rings. The van der Waals surface area contributed by atoms with Gasteiger partial charge < -0.3 is 15.6 Å². The van der Waals surface area contributed by atoms with Gasteiger partial charge in [0.05, 0.1) is 6.20 Å². The lowest BCUT2D eigenvalue weighted by molar-refractivity contribution is -0.117. The van der Waals surface area contributed by atoms with Crippen LogP contribution in [0.3, 0.4) is 0 Å². The van der Waals surface area contributed by atoms with E-state index in [1.165, 1.54) is 10.9 Å². The standard InChI is InChI=1S/C16H18N6O2/c1-3-15(23)19-14-8-22(21-20-14)9-16(24)18-12-4-5-13-11(7-12)6-10(2)17-13/h4-8,17H,3,9H2,1-2H3,(H,18,24)(H,19,23). The van der Waals surface area contributed by atoms with Crippen LogP contribution >= 0.6 is 0 Å². The number of aryl methyl sites for hydroxylation is 1. The lowest BCUT2D eigenvalue weighted by Crippen LogP contribution is -2.19. The van der Waals surface area contributed by atoms with Gasteiger partial charge in [-0.1, -0.05) is 12.1 Å². The molecule has 0 aliphatic heterocycles. The highest BCUT2D eigenvalue weighted by Gasteiger charge is 2.09. The minimum atomic E-state index is -0.222. The Morgan fingerprint density at radius 2 is 2.04 bits per heavy atom. The summed E-state index contributed by atoms with van der Waals surface area (Å²) in [5, 5.41) is 14.1. The molecule has 0 aliphatic carbocycles. The van der Waals surface area contributed by atoms with E-state index in [-0.39, 0.29) is 18.4 Å². The Kier molecular flexibility index (Phi) is 4.28. The zero-order chi connectivity index (χ0) is 17.1. The van der Waals surface area contributed by atoms with Crippen molar-refractivity contribution in [1.29, 1.82) is 0 Å². The molecule has 8 nitrogen and oxygen atoms in total. The van der Waals surface area contributed by atoms with Gasteiger partial charge >= 0.3 is 0 Å². The van der Waals surface area contributed by atoms with Crippen LogP contribution in [-0.4, -0.2) is 31.8 Å². The second-order valence-electron chi connectivity index (χ2n) is 5.51. The minimum absolute atomic E-state index is 0.0131. The van der Waals surface area contributed by atoms with Gasteiger partial charge in [-0.3, -0.25) is 9.59 Å². The first kappa shape index (κ1) is 15.7. The van der Waals surface area contributed by atoms with Gasteiger partial charge in [0.2, 0.25) is 11.8 Å². The van der Waals surface area contributed by atoms with Crippen LogP contribution in [-0.2, 0) is 16.1 Å². The van der Waals surface area contributed by atoms with E-state index in [4.69, 9.17) is 0 Å². The van der Waals surface area contributed by atoms with Crippen molar-refractivity contribution in [2.24, 2.45) is 0 Å². The Morgan fingerprint density at radius 3 is 2.83 bits per heavy atom. The van der Waals surface area contributed by atoms with E-state index in [0.29, 0.717) is 17.9 Å². The molecule has 0 bridgehead atoms. The molecule has 3 N–H and O–H groups in total. The molecule has 124 valence electrons. The van der Waals surface area contributed by atoms with E-state index in [2.05, 4.69) is 25.9 Å². The zero-order valence-corrected chi connectivity index (χ0v) is 13.5. The molecular formula is C16H18N6O2. The van der Waals surface area contributed by atoms with Crippen LogP contribution in [0.15, 0.2) is 30.5 Å². The molecule has 8 heteroatoms. The van der Waals surface area contributed by atoms with Gasteiger partial charge in [-0.15, -0.1) is 5.10 Å². The summed E-state index contributed by atoms with van der Waals surface area (Å²) >= 11 is 0. The highest BCUT2D eigenvalue weighted by Crippen LogP contribution is 2.19. The highest BCUT2D eigenvalue weighted by molar-refractivity contribution is 5.94. The molecule has 2 aromatic heterocycles. The fourth-order valence-corrected chi connectivity index (χ4v) is 2.37. The zero-order valence-electron chi connectivity index (χ0n) is 13.5. The number of benzene rings is 1. The fourth-order valence-electron chi connectivity index (χ4n) is 2.37. The van der Waals surface area contributed by atoms with Gasteiger partial charge in [0, 0.05) is 28.7 Å². The summed E-state index contributed by atoms with van der Waals surface area (Å²) in [5.74, 6) is -0.0413. The van der Waals surface area contributed by atoms with Crippen molar-refractivity contribution >= 4 is 34.2 Å². The number of hydrogen-bond acceptors (Lipinski definition) is 4. The third kappa shape index (κ3) is 3.60. The number of aromatic amines is 1. The molecule has 24 heavy (non-hydrogen) atoms. The first-order chi connectivity index (χ1) is 11.5. The molecule has 0 saturated heterocycles. The van der Waals surface area contributed by atoms with E-state index in [0.717, 1.165) is 16.6 Å². The van der Waals surface area contributed by atoms with Crippen LogP contribution in [0, 0.1) is 6.92 Å². The van der Waals surface area contributed by atoms with Crippen molar-refractivity contribution in [3.63, 3.8) is 0 Å². The first-order valence-corrected chi connectivity index (χ1v) is 7.62. The van der Waals surface area contributed by atoms with Gasteiger partial charge in [-0.25, -0.2) is 4.68 Å². The topological polar surface area (TPSA) is 105 Å². The number of hydrogen-bond donors (Lipinski definition) is 3. The molecule has 3 aromatic rings. The second kappa shape index (κ2) is 6.53. The van der Waals surface area contributed by atoms with Crippen molar-refractivity contribution in [1.82, 2.24) is 20.0 Å². The van der Waals surface area contributed by atoms with Crippen molar-refractivity contribution < 1.29 is 9.59 Å². The largest absolute Gasteiger partial charge is 0.359 e. The van der Waals surface area contributed by atoms with Gasteiger partial charge in [-0.2, -0.15) is 0 Å². The number of H-pyrrole nitrogens is 1. The van der Waals surface area contributed by atoms with E-state index >= 15 is 0 Å². The molecule has 0 spiro atoms. The van der Waals surface area contributed by atoms with Crippen LogP contribution in [0.1, 0.15) is 19.0 Å². The summed E-state index contributed by atoms with van der Waals surface area (Å²) in [7, 11) is 0. The lowest BCUT2D eigenvalue weighted by atomic mass is 10.2. The van der Waals surface area contributed by atoms with Crippen molar-refractivity contribution in [2.75, 3.05) is 10.6 Å². The molecule has 3 rings (SSSR count). The average molecular weight is 326 g/mol. The number of anilines is 2. The van der Waals surface area contributed by atoms with E-state index in [1.807, 2.05) is 31.2 Å². The molecular weight excluding hydrogens is 308 g/mol. The quantitative estimate of drug-likeness (QED) is 0.667. The SMILES string of the molecule is CCC(=O)Nc1cn(CC(=O)Nc2ccc3[nH]c(C)cc3c2)nn1. The number of carbonyl (C=O) groups excluding carboxylic acids is 2. The molecule has 2 amide bonds. The Bertz CT molecular complexity index is 895. The molecule has 1 aromatic carbocycles. The maximum Gasteiger partial charge on any atom is 0.246 e. The summed E-state index contributed by atoms with van der Waals surface area (Å²) in [6.45, 7) is 3.74. The summed E-state index contributed by atoms with van der Waals surface area (Å²) < 4.78 is 1.37. The number of fused-ring (bicyclic) bond motifs is 1.